The molecule has 2 unspecified atom stereocenters. The van der Waals surface area contributed by atoms with E-state index in [9.17, 15) is 13.2 Å². The standard InChI is InChI=1S/C21H28N2O5S2/c1-16-13-23(14-17(2)28-16)30(25,26)20-8-4-6-18(12-20)21(24)22(9-10-27-3)15-19-7-5-11-29-19/h4-8,11-12,16-17H,9-10,13-15H2,1-3H3. The van der Waals surface area contributed by atoms with Crippen LogP contribution in [0.4, 0.5) is 0 Å². The Labute approximate surface area is 182 Å². The van der Waals surface area contributed by atoms with Crippen LogP contribution in [0, 0.1) is 0 Å². The van der Waals surface area contributed by atoms with Crippen LogP contribution in [0.3, 0.4) is 0 Å². The largest absolute Gasteiger partial charge is 0.383 e. The van der Waals surface area contributed by atoms with Gasteiger partial charge in [-0.25, -0.2) is 8.42 Å². The molecule has 0 radical (unpaired) electrons. The molecular weight excluding hydrogens is 424 g/mol. The van der Waals surface area contributed by atoms with Crippen LogP contribution < -0.4 is 0 Å². The first kappa shape index (κ1) is 22.9. The molecule has 2 aromatic rings. The number of carbonyl (C=O) groups is 1. The van der Waals surface area contributed by atoms with Crippen molar-refractivity contribution in [1.29, 1.82) is 0 Å². The summed E-state index contributed by atoms with van der Waals surface area (Å²) in [4.78, 5) is 16.0. The smallest absolute Gasteiger partial charge is 0.254 e. The summed E-state index contributed by atoms with van der Waals surface area (Å²) in [5.41, 5.74) is 0.345. The molecule has 30 heavy (non-hydrogen) atoms. The van der Waals surface area contributed by atoms with Gasteiger partial charge in [0.1, 0.15) is 0 Å². The molecule has 1 aliphatic rings. The van der Waals surface area contributed by atoms with E-state index in [2.05, 4.69) is 0 Å². The van der Waals surface area contributed by atoms with Gasteiger partial charge < -0.3 is 14.4 Å². The molecule has 0 saturated carbocycles. The summed E-state index contributed by atoms with van der Waals surface area (Å²) in [6, 6.07) is 10.2. The predicted molar refractivity (Wildman–Crippen MR) is 116 cm³/mol. The van der Waals surface area contributed by atoms with Gasteiger partial charge in [0.25, 0.3) is 5.91 Å². The second kappa shape index (κ2) is 10.0. The number of hydrogen-bond acceptors (Lipinski definition) is 6. The molecule has 2 atom stereocenters. The highest BCUT2D eigenvalue weighted by Crippen LogP contribution is 2.23. The van der Waals surface area contributed by atoms with Gasteiger partial charge in [0.05, 0.1) is 30.3 Å². The SMILES string of the molecule is COCCN(Cc1cccs1)C(=O)c1cccc(S(=O)(=O)N2CC(C)OC(C)C2)c1. The zero-order valence-electron chi connectivity index (χ0n) is 17.5. The molecule has 1 amide bonds. The molecule has 1 saturated heterocycles. The summed E-state index contributed by atoms with van der Waals surface area (Å²) in [5.74, 6) is -0.221. The van der Waals surface area contributed by atoms with Crippen LogP contribution in [0.5, 0.6) is 0 Å². The first-order valence-corrected chi connectivity index (χ1v) is 12.2. The summed E-state index contributed by atoms with van der Waals surface area (Å²) < 4.78 is 38.6. The Morgan fingerprint density at radius 3 is 2.60 bits per heavy atom. The van der Waals surface area contributed by atoms with Crippen molar-refractivity contribution in [2.45, 2.75) is 37.5 Å². The number of benzene rings is 1. The molecule has 1 aromatic carbocycles. The normalized spacial score (nSPS) is 20.2. The van der Waals surface area contributed by atoms with Crippen molar-refractivity contribution in [3.05, 3.63) is 52.2 Å². The number of nitrogens with zero attached hydrogens (tertiary/aromatic N) is 2. The maximum absolute atomic E-state index is 13.2. The molecule has 9 heteroatoms. The number of sulfonamides is 1. The average molecular weight is 453 g/mol. The second-order valence-electron chi connectivity index (χ2n) is 7.41. The first-order chi connectivity index (χ1) is 14.3. The Morgan fingerprint density at radius 2 is 1.97 bits per heavy atom. The Hall–Kier alpha value is -1.78. The fraction of sp³-hybridized carbons (Fsp3) is 0.476. The van der Waals surface area contributed by atoms with E-state index in [4.69, 9.17) is 9.47 Å². The van der Waals surface area contributed by atoms with Gasteiger partial charge in [-0.3, -0.25) is 4.79 Å². The second-order valence-corrected chi connectivity index (χ2v) is 10.4. The van der Waals surface area contributed by atoms with Crippen molar-refractivity contribution in [2.24, 2.45) is 0 Å². The lowest BCUT2D eigenvalue weighted by atomic mass is 10.2. The first-order valence-electron chi connectivity index (χ1n) is 9.87. The van der Waals surface area contributed by atoms with Gasteiger partial charge in [-0.2, -0.15) is 4.31 Å². The Balaban J connectivity index is 1.84. The van der Waals surface area contributed by atoms with Crippen molar-refractivity contribution >= 4 is 27.3 Å². The molecule has 1 aromatic heterocycles. The van der Waals surface area contributed by atoms with Crippen molar-refractivity contribution in [2.75, 3.05) is 33.4 Å². The maximum Gasteiger partial charge on any atom is 0.254 e. The lowest BCUT2D eigenvalue weighted by Gasteiger charge is -2.34. The third kappa shape index (κ3) is 5.47. The molecule has 3 rings (SSSR count). The lowest BCUT2D eigenvalue weighted by molar-refractivity contribution is -0.0440. The molecular formula is C21H28N2O5S2. The number of thiophene rings is 1. The van der Waals surface area contributed by atoms with Gasteiger partial charge in [-0.1, -0.05) is 12.1 Å². The topological polar surface area (TPSA) is 76.2 Å². The highest BCUT2D eigenvalue weighted by molar-refractivity contribution is 7.89. The van der Waals surface area contributed by atoms with E-state index in [1.165, 1.54) is 16.4 Å². The van der Waals surface area contributed by atoms with Gasteiger partial charge in [0.15, 0.2) is 0 Å². The van der Waals surface area contributed by atoms with Crippen molar-refractivity contribution < 1.29 is 22.7 Å². The third-order valence-electron chi connectivity index (χ3n) is 4.88. The van der Waals surface area contributed by atoms with Crippen molar-refractivity contribution in [1.82, 2.24) is 9.21 Å². The molecule has 0 spiro atoms. The number of ether oxygens (including phenoxy) is 2. The quantitative estimate of drug-likeness (QED) is 0.616. The van der Waals surface area contributed by atoms with E-state index < -0.39 is 10.0 Å². The van der Waals surface area contributed by atoms with Crippen molar-refractivity contribution in [3.63, 3.8) is 0 Å². The van der Waals surface area contributed by atoms with Crippen molar-refractivity contribution in [3.8, 4) is 0 Å². The number of hydrogen-bond donors (Lipinski definition) is 0. The molecule has 0 aliphatic carbocycles. The van der Waals surface area contributed by atoms with Gasteiger partial charge in [-0.05, 0) is 43.5 Å². The van der Waals surface area contributed by atoms with E-state index in [-0.39, 0.29) is 23.0 Å². The molecule has 1 aliphatic heterocycles. The summed E-state index contributed by atoms with van der Waals surface area (Å²) in [6.45, 7) is 5.58. The number of rotatable bonds is 8. The highest BCUT2D eigenvalue weighted by atomic mass is 32.2. The van der Waals surface area contributed by atoms with E-state index in [1.54, 1.807) is 35.5 Å². The molecule has 0 N–H and O–H groups in total. The molecule has 0 bridgehead atoms. The zero-order valence-corrected chi connectivity index (χ0v) is 19.1. The Kier molecular flexibility index (Phi) is 7.65. The number of morpholine rings is 1. The number of methoxy groups -OCH3 is 1. The van der Waals surface area contributed by atoms with E-state index in [0.717, 1.165) is 4.88 Å². The molecule has 1 fully saturated rings. The monoisotopic (exact) mass is 452 g/mol. The van der Waals surface area contributed by atoms with Gasteiger partial charge >= 0.3 is 0 Å². The third-order valence-corrected chi connectivity index (χ3v) is 7.57. The zero-order chi connectivity index (χ0) is 21.7. The predicted octanol–water partition coefficient (Wildman–Crippen LogP) is 2.83. The van der Waals surface area contributed by atoms with E-state index in [0.29, 0.717) is 38.3 Å². The minimum atomic E-state index is -3.72. The minimum Gasteiger partial charge on any atom is -0.383 e. The maximum atomic E-state index is 13.2. The lowest BCUT2D eigenvalue weighted by Crippen LogP contribution is -2.48. The van der Waals surface area contributed by atoms with Crippen LogP contribution >= 0.6 is 11.3 Å². The fourth-order valence-electron chi connectivity index (χ4n) is 3.49. The molecule has 2 heterocycles. The van der Waals surface area contributed by atoms with Crippen LogP contribution in [0.15, 0.2) is 46.7 Å². The number of amides is 1. The van der Waals surface area contributed by atoms with Crippen LogP contribution in [0.1, 0.15) is 29.1 Å². The van der Waals surface area contributed by atoms with E-state index in [1.807, 2.05) is 31.4 Å². The Morgan fingerprint density at radius 1 is 1.23 bits per heavy atom. The summed E-state index contributed by atoms with van der Waals surface area (Å²) in [7, 11) is -2.13. The van der Waals surface area contributed by atoms with Gasteiger partial charge in [0.2, 0.25) is 10.0 Å². The fourth-order valence-corrected chi connectivity index (χ4v) is 5.85. The van der Waals surface area contributed by atoms with Crippen LogP contribution in [0.25, 0.3) is 0 Å². The summed E-state index contributed by atoms with van der Waals surface area (Å²) in [6.07, 6.45) is -0.354. The molecule has 164 valence electrons. The summed E-state index contributed by atoms with van der Waals surface area (Å²) in [5, 5.41) is 1.96. The van der Waals surface area contributed by atoms with Gasteiger partial charge in [0, 0.05) is 37.2 Å². The average Bonchev–Trinajstić information content (AvgIpc) is 3.23. The van der Waals surface area contributed by atoms with Crippen LogP contribution in [-0.2, 0) is 26.0 Å². The van der Waals surface area contributed by atoms with Crippen LogP contribution in [-0.4, -0.2) is 69.1 Å². The summed E-state index contributed by atoms with van der Waals surface area (Å²) >= 11 is 1.57. The molecule has 7 nitrogen and oxygen atoms in total. The minimum absolute atomic E-state index is 0.123. The van der Waals surface area contributed by atoms with E-state index >= 15 is 0 Å². The van der Waals surface area contributed by atoms with Crippen LogP contribution in [0.2, 0.25) is 0 Å². The Bertz CT molecular complexity index is 936. The highest BCUT2D eigenvalue weighted by Gasteiger charge is 2.32. The number of carbonyl (C=O) groups excluding carboxylic acids is 1. The van der Waals surface area contributed by atoms with Gasteiger partial charge in [-0.15, -0.1) is 11.3 Å².